The Morgan fingerprint density at radius 1 is 1.35 bits per heavy atom. The van der Waals surface area contributed by atoms with E-state index in [-0.39, 0.29) is 16.4 Å². The van der Waals surface area contributed by atoms with Crippen LogP contribution in [0.1, 0.15) is 26.3 Å². The van der Waals surface area contributed by atoms with Crippen molar-refractivity contribution < 1.29 is 13.0 Å². The molecule has 17 heavy (non-hydrogen) atoms. The van der Waals surface area contributed by atoms with Crippen LogP contribution in [-0.2, 0) is 15.5 Å². The van der Waals surface area contributed by atoms with Crippen molar-refractivity contribution in [3.63, 3.8) is 0 Å². The van der Waals surface area contributed by atoms with Gasteiger partial charge in [-0.15, -0.1) is 0 Å². The molecule has 0 aromatic heterocycles. The number of anilines is 1. The van der Waals surface area contributed by atoms with Gasteiger partial charge >= 0.3 is 0 Å². The first kappa shape index (κ1) is 12.4. The fourth-order valence-corrected chi connectivity index (χ4v) is 2.93. The molecule has 4 nitrogen and oxygen atoms in total. The van der Waals surface area contributed by atoms with Gasteiger partial charge in [0.25, 0.3) is 10.1 Å². The van der Waals surface area contributed by atoms with Gasteiger partial charge in [0.2, 0.25) is 0 Å². The number of likely N-dealkylation sites (N-methyl/N-ethyl adjacent to an activating group) is 1. The molecule has 0 bridgehead atoms. The van der Waals surface area contributed by atoms with Gasteiger partial charge in [-0.05, 0) is 24.6 Å². The molecule has 0 fully saturated rings. The Labute approximate surface area is 102 Å². The molecule has 1 aliphatic rings. The molecule has 1 aliphatic heterocycles. The maximum Gasteiger partial charge on any atom is 0.294 e. The standard InChI is InChI=1S/C12H17NO3S/c1-8-12(2,3)10-6-5-9(17(14,15)16)7-11(10)13(8)4/h5-8H,1-4H3,(H,14,15,16)/t8-/m1/s1. The highest BCUT2D eigenvalue weighted by Crippen LogP contribution is 2.44. The van der Waals surface area contributed by atoms with E-state index >= 15 is 0 Å². The van der Waals surface area contributed by atoms with Crippen molar-refractivity contribution in [2.75, 3.05) is 11.9 Å². The van der Waals surface area contributed by atoms with E-state index in [0.717, 1.165) is 11.3 Å². The van der Waals surface area contributed by atoms with Crippen molar-refractivity contribution in [2.24, 2.45) is 0 Å². The fraction of sp³-hybridized carbons (Fsp3) is 0.500. The van der Waals surface area contributed by atoms with E-state index in [2.05, 4.69) is 20.8 Å². The largest absolute Gasteiger partial charge is 0.371 e. The maximum absolute atomic E-state index is 11.1. The zero-order valence-corrected chi connectivity index (χ0v) is 11.2. The number of nitrogens with zero attached hydrogens (tertiary/aromatic N) is 1. The van der Waals surface area contributed by atoms with Crippen molar-refractivity contribution in [2.45, 2.75) is 37.1 Å². The second-order valence-electron chi connectivity index (χ2n) is 5.16. The summed E-state index contributed by atoms with van der Waals surface area (Å²) in [5, 5.41) is 0. The Balaban J connectivity index is 2.65. The predicted molar refractivity (Wildman–Crippen MR) is 67.1 cm³/mol. The summed E-state index contributed by atoms with van der Waals surface area (Å²) in [6.45, 7) is 6.37. The van der Waals surface area contributed by atoms with E-state index < -0.39 is 10.1 Å². The second kappa shape index (κ2) is 3.46. The van der Waals surface area contributed by atoms with Crippen molar-refractivity contribution in [1.29, 1.82) is 0 Å². The summed E-state index contributed by atoms with van der Waals surface area (Å²) in [6, 6.07) is 5.07. The molecule has 0 spiro atoms. The topological polar surface area (TPSA) is 57.6 Å². The van der Waals surface area contributed by atoms with Crippen LogP contribution in [-0.4, -0.2) is 26.1 Å². The van der Waals surface area contributed by atoms with E-state index in [0.29, 0.717) is 0 Å². The van der Waals surface area contributed by atoms with Gasteiger partial charge in [-0.3, -0.25) is 4.55 Å². The molecule has 2 rings (SSSR count). The van der Waals surface area contributed by atoms with E-state index in [9.17, 15) is 8.42 Å². The maximum atomic E-state index is 11.1. The van der Waals surface area contributed by atoms with Crippen LogP contribution in [0.5, 0.6) is 0 Å². The highest BCUT2D eigenvalue weighted by atomic mass is 32.2. The van der Waals surface area contributed by atoms with Crippen LogP contribution >= 0.6 is 0 Å². The van der Waals surface area contributed by atoms with Crippen LogP contribution in [0, 0.1) is 0 Å². The summed E-state index contributed by atoms with van der Waals surface area (Å²) in [6.07, 6.45) is 0. The zero-order chi connectivity index (χ0) is 13.0. The van der Waals surface area contributed by atoms with E-state index in [1.807, 2.05) is 11.9 Å². The van der Waals surface area contributed by atoms with Crippen molar-refractivity contribution >= 4 is 15.8 Å². The van der Waals surface area contributed by atoms with Crippen LogP contribution in [0.25, 0.3) is 0 Å². The highest BCUT2D eigenvalue weighted by Gasteiger charge is 2.40. The number of hydrogen-bond donors (Lipinski definition) is 1. The lowest BCUT2D eigenvalue weighted by Crippen LogP contribution is -2.36. The number of fused-ring (bicyclic) bond motifs is 1. The summed E-state index contributed by atoms with van der Waals surface area (Å²) >= 11 is 0. The van der Waals surface area contributed by atoms with Crippen LogP contribution < -0.4 is 4.90 Å². The molecule has 0 unspecified atom stereocenters. The highest BCUT2D eigenvalue weighted by molar-refractivity contribution is 7.85. The monoisotopic (exact) mass is 255 g/mol. The molecule has 1 aromatic rings. The molecule has 1 aromatic carbocycles. The number of rotatable bonds is 1. The van der Waals surface area contributed by atoms with Gasteiger partial charge in [0, 0.05) is 24.2 Å². The molecule has 5 heteroatoms. The lowest BCUT2D eigenvalue weighted by Gasteiger charge is -2.28. The summed E-state index contributed by atoms with van der Waals surface area (Å²) in [5.41, 5.74) is 1.96. The molecule has 1 heterocycles. The molecule has 0 saturated heterocycles. The van der Waals surface area contributed by atoms with Gasteiger partial charge in [0.15, 0.2) is 0 Å². The van der Waals surface area contributed by atoms with Gasteiger partial charge in [0.1, 0.15) is 0 Å². The smallest absolute Gasteiger partial charge is 0.294 e. The molecule has 0 amide bonds. The van der Waals surface area contributed by atoms with E-state index in [4.69, 9.17) is 4.55 Å². The van der Waals surface area contributed by atoms with Crippen molar-refractivity contribution in [1.82, 2.24) is 0 Å². The van der Waals surface area contributed by atoms with Gasteiger partial charge in [-0.2, -0.15) is 8.42 Å². The first-order valence-corrected chi connectivity index (χ1v) is 6.94. The molecule has 94 valence electrons. The Morgan fingerprint density at radius 3 is 2.47 bits per heavy atom. The summed E-state index contributed by atoms with van der Waals surface area (Å²) in [5.74, 6) is 0. The van der Waals surface area contributed by atoms with Crippen LogP contribution in [0.2, 0.25) is 0 Å². The predicted octanol–water partition coefficient (Wildman–Crippen LogP) is 2.05. The van der Waals surface area contributed by atoms with Gasteiger partial charge in [-0.1, -0.05) is 19.9 Å². The Bertz CT molecular complexity index is 563. The Morgan fingerprint density at radius 2 is 1.94 bits per heavy atom. The molecule has 0 saturated carbocycles. The first-order valence-electron chi connectivity index (χ1n) is 5.50. The minimum absolute atomic E-state index is 0.0260. The third kappa shape index (κ3) is 1.73. The van der Waals surface area contributed by atoms with E-state index in [1.54, 1.807) is 6.07 Å². The molecule has 0 aliphatic carbocycles. The third-order valence-corrected chi connectivity index (χ3v) is 4.82. The minimum atomic E-state index is -4.13. The second-order valence-corrected chi connectivity index (χ2v) is 6.58. The fourth-order valence-electron chi connectivity index (χ4n) is 2.43. The summed E-state index contributed by atoms with van der Waals surface area (Å²) < 4.78 is 31.3. The molecule has 0 radical (unpaired) electrons. The summed E-state index contributed by atoms with van der Waals surface area (Å²) in [7, 11) is -2.19. The van der Waals surface area contributed by atoms with Crippen molar-refractivity contribution in [3.05, 3.63) is 23.8 Å². The summed E-state index contributed by atoms with van der Waals surface area (Å²) in [4.78, 5) is 2.00. The van der Waals surface area contributed by atoms with Crippen LogP contribution in [0.15, 0.2) is 23.1 Å². The van der Waals surface area contributed by atoms with Gasteiger partial charge < -0.3 is 4.90 Å². The number of benzene rings is 1. The lowest BCUT2D eigenvalue weighted by atomic mass is 9.81. The normalized spacial score (nSPS) is 22.6. The molecule has 1 atom stereocenters. The molecule has 1 N–H and O–H groups in total. The van der Waals surface area contributed by atoms with Crippen LogP contribution in [0.3, 0.4) is 0 Å². The molecular weight excluding hydrogens is 238 g/mol. The SMILES string of the molecule is C[C@H]1N(C)c2cc(S(=O)(=O)O)ccc2C1(C)C. The first-order chi connectivity index (χ1) is 7.65. The quantitative estimate of drug-likeness (QED) is 0.780. The van der Waals surface area contributed by atoms with Gasteiger partial charge in [-0.25, -0.2) is 0 Å². The molecular formula is C12H17NO3S. The van der Waals surface area contributed by atoms with E-state index in [1.165, 1.54) is 12.1 Å². The average Bonchev–Trinajstić information content (AvgIpc) is 2.39. The Hall–Kier alpha value is -1.07. The van der Waals surface area contributed by atoms with Crippen molar-refractivity contribution in [3.8, 4) is 0 Å². The lowest BCUT2D eigenvalue weighted by molar-refractivity contribution is 0.454. The third-order valence-electron chi connectivity index (χ3n) is 3.97. The van der Waals surface area contributed by atoms with Crippen LogP contribution in [0.4, 0.5) is 5.69 Å². The average molecular weight is 255 g/mol. The number of hydrogen-bond acceptors (Lipinski definition) is 3. The Kier molecular flexibility index (Phi) is 2.52. The van der Waals surface area contributed by atoms with Gasteiger partial charge in [0.05, 0.1) is 4.90 Å². The minimum Gasteiger partial charge on any atom is -0.371 e. The zero-order valence-electron chi connectivity index (χ0n) is 10.4.